The Bertz CT molecular complexity index is 398. The lowest BCUT2D eigenvalue weighted by atomic mass is 9.77. The molecule has 0 saturated carbocycles. The molecule has 2 aliphatic rings. The highest BCUT2D eigenvalue weighted by molar-refractivity contribution is 6.56. The quantitative estimate of drug-likeness (QED) is 0.264. The van der Waals surface area contributed by atoms with Crippen LogP contribution >= 0.6 is 0 Å². The Morgan fingerprint density at radius 1 is 1.00 bits per heavy atom. The van der Waals surface area contributed by atoms with Gasteiger partial charge in [-0.1, -0.05) is 59.3 Å². The Morgan fingerprint density at radius 2 is 1.70 bits per heavy atom. The molecule has 0 aromatic heterocycles. The van der Waals surface area contributed by atoms with Crippen LogP contribution in [0.1, 0.15) is 91.9 Å². The zero-order valence-electron chi connectivity index (χ0n) is 18.4. The Morgan fingerprint density at radius 3 is 2.19 bits per heavy atom. The second-order valence-electron chi connectivity index (χ2n) is 8.27. The zero-order valence-corrected chi connectivity index (χ0v) is 19.5. The average molecular weight is 401 g/mol. The van der Waals surface area contributed by atoms with Gasteiger partial charge in [0.05, 0.1) is 6.10 Å². The topological polar surface area (TPSA) is 36.9 Å². The van der Waals surface area contributed by atoms with Gasteiger partial charge in [-0.25, -0.2) is 0 Å². The van der Waals surface area contributed by atoms with E-state index in [2.05, 4.69) is 27.7 Å². The smallest absolute Gasteiger partial charge is 0.212 e. The van der Waals surface area contributed by atoms with Crippen molar-refractivity contribution in [3.8, 4) is 0 Å². The average Bonchev–Trinajstić information content (AvgIpc) is 2.57. The summed E-state index contributed by atoms with van der Waals surface area (Å²) in [4.78, 5) is 0. The van der Waals surface area contributed by atoms with Crippen LogP contribution in [-0.4, -0.2) is 52.4 Å². The molecule has 0 aliphatic carbocycles. The largest absolute Gasteiger partial charge is 0.417 e. The first kappa shape index (κ1) is 23.3. The summed E-state index contributed by atoms with van der Waals surface area (Å²) in [5.41, 5.74) is -0.299. The minimum absolute atomic E-state index is 0.183. The van der Waals surface area contributed by atoms with Gasteiger partial charge >= 0.3 is 0 Å². The van der Waals surface area contributed by atoms with Gasteiger partial charge in [0.25, 0.3) is 0 Å². The lowest BCUT2D eigenvalue weighted by molar-refractivity contribution is -0.297. The minimum atomic E-state index is -1.59. The van der Waals surface area contributed by atoms with Crippen LogP contribution < -0.4 is 0 Å². The molecule has 2 aliphatic heterocycles. The molecule has 0 aromatic rings. The van der Waals surface area contributed by atoms with Crippen LogP contribution in [-0.2, 0) is 18.6 Å². The van der Waals surface area contributed by atoms with E-state index in [1.165, 1.54) is 38.1 Å². The van der Waals surface area contributed by atoms with E-state index in [1.54, 1.807) is 0 Å². The summed E-state index contributed by atoms with van der Waals surface area (Å²) in [7, 11) is -1.59. The van der Waals surface area contributed by atoms with Crippen LogP contribution in [0.4, 0.5) is 0 Å². The molecule has 0 N–H and O–H groups in total. The van der Waals surface area contributed by atoms with Gasteiger partial charge < -0.3 is 18.6 Å². The lowest BCUT2D eigenvalue weighted by Crippen LogP contribution is -2.76. The molecule has 0 spiro atoms. The van der Waals surface area contributed by atoms with Crippen molar-refractivity contribution in [3.63, 3.8) is 0 Å². The van der Waals surface area contributed by atoms with E-state index in [9.17, 15) is 0 Å². The van der Waals surface area contributed by atoms with Crippen LogP contribution in [0.3, 0.4) is 0 Å². The highest BCUT2D eigenvalue weighted by Gasteiger charge is 2.66. The number of hydrogen-bond donors (Lipinski definition) is 0. The van der Waals surface area contributed by atoms with Gasteiger partial charge in [-0.05, 0) is 32.2 Å². The van der Waals surface area contributed by atoms with E-state index in [4.69, 9.17) is 18.6 Å². The van der Waals surface area contributed by atoms with E-state index in [0.717, 1.165) is 58.5 Å². The third kappa shape index (κ3) is 5.16. The lowest BCUT2D eigenvalue weighted by Gasteiger charge is -2.61. The van der Waals surface area contributed by atoms with Gasteiger partial charge in [-0.15, -0.1) is 0 Å². The van der Waals surface area contributed by atoms with E-state index >= 15 is 0 Å². The van der Waals surface area contributed by atoms with Gasteiger partial charge in [0.1, 0.15) is 10.8 Å². The molecular formula is C22H44O4Si. The predicted molar refractivity (Wildman–Crippen MR) is 114 cm³/mol. The van der Waals surface area contributed by atoms with Gasteiger partial charge in [0.2, 0.25) is 9.04 Å². The van der Waals surface area contributed by atoms with Crippen molar-refractivity contribution in [1.29, 1.82) is 0 Å². The van der Waals surface area contributed by atoms with Crippen molar-refractivity contribution >= 4 is 9.04 Å². The van der Waals surface area contributed by atoms with Gasteiger partial charge in [0.15, 0.2) is 0 Å². The molecule has 5 heteroatoms. The fraction of sp³-hybridized carbons (Fsp3) is 1.00. The maximum Gasteiger partial charge on any atom is 0.212 e. The molecule has 160 valence electrons. The van der Waals surface area contributed by atoms with Crippen molar-refractivity contribution < 1.29 is 18.6 Å². The summed E-state index contributed by atoms with van der Waals surface area (Å²) in [5, 5.41) is -0.204. The second-order valence-corrected chi connectivity index (χ2v) is 11.1. The molecule has 4 unspecified atom stereocenters. The van der Waals surface area contributed by atoms with Crippen LogP contribution in [0, 0.1) is 0 Å². The Hall–Kier alpha value is 0.0569. The van der Waals surface area contributed by atoms with Gasteiger partial charge in [0, 0.05) is 32.8 Å². The molecule has 0 radical (unpaired) electrons. The third-order valence-corrected chi connectivity index (χ3v) is 10.1. The highest BCUT2D eigenvalue weighted by Crippen LogP contribution is 2.51. The number of rotatable bonds is 16. The van der Waals surface area contributed by atoms with E-state index < -0.39 is 9.04 Å². The summed E-state index contributed by atoms with van der Waals surface area (Å²) < 4.78 is 26.0. The molecule has 2 rings (SSSR count). The molecule has 27 heavy (non-hydrogen) atoms. The van der Waals surface area contributed by atoms with Crippen molar-refractivity contribution in [2.24, 2.45) is 0 Å². The van der Waals surface area contributed by atoms with Gasteiger partial charge in [-0.3, -0.25) is 0 Å². The first-order chi connectivity index (χ1) is 13.2. The molecule has 0 bridgehead atoms. The summed E-state index contributed by atoms with van der Waals surface area (Å²) >= 11 is 0. The van der Waals surface area contributed by atoms with Crippen molar-refractivity contribution in [3.05, 3.63) is 0 Å². The van der Waals surface area contributed by atoms with Crippen molar-refractivity contribution in [2.45, 2.75) is 115 Å². The Kier molecular flexibility index (Phi) is 10.3. The molecule has 2 heterocycles. The molecule has 0 aromatic carbocycles. The summed E-state index contributed by atoms with van der Waals surface area (Å²) in [6.07, 6.45) is 11.8. The number of ether oxygens (including phenoxy) is 3. The van der Waals surface area contributed by atoms with E-state index in [-0.39, 0.29) is 16.9 Å². The van der Waals surface area contributed by atoms with Crippen molar-refractivity contribution in [1.82, 2.24) is 0 Å². The maximum absolute atomic E-state index is 6.82. The van der Waals surface area contributed by atoms with Crippen molar-refractivity contribution in [2.75, 3.05) is 26.4 Å². The first-order valence-electron chi connectivity index (χ1n) is 11.7. The molecule has 2 saturated heterocycles. The summed E-state index contributed by atoms with van der Waals surface area (Å²) in [6, 6.07) is 1.19. The van der Waals surface area contributed by atoms with E-state index in [1.807, 2.05) is 0 Å². The third-order valence-electron chi connectivity index (χ3n) is 6.49. The van der Waals surface area contributed by atoms with Crippen LogP contribution in [0.25, 0.3) is 0 Å². The normalized spacial score (nSPS) is 28.2. The molecule has 4 nitrogen and oxygen atoms in total. The fourth-order valence-electron chi connectivity index (χ4n) is 4.79. The Balaban J connectivity index is 2.30. The molecular weight excluding hydrogens is 356 g/mol. The maximum atomic E-state index is 6.82. The Labute approximate surface area is 169 Å². The first-order valence-corrected chi connectivity index (χ1v) is 13.6. The van der Waals surface area contributed by atoms with Gasteiger partial charge in [-0.2, -0.15) is 0 Å². The standard InChI is InChI=1S/C22H44O4Si/c1-5-9-12-19-27(26-8-4)22(15-18-25-22)21(14-10-6-2,20-13-17-23-20)24-16-11-7-3/h20,27H,5-19H2,1-4H3. The summed E-state index contributed by atoms with van der Waals surface area (Å²) in [5.74, 6) is 0. The fourth-order valence-corrected chi connectivity index (χ4v) is 8.45. The SMILES string of the molecule is CCCCC[SiH](OCC)C1(C(CCCC)(OCCCC)C2CCO2)CCO1. The van der Waals surface area contributed by atoms with Crippen LogP contribution in [0.15, 0.2) is 0 Å². The molecule has 2 fully saturated rings. The minimum Gasteiger partial charge on any atom is -0.417 e. The highest BCUT2D eigenvalue weighted by atomic mass is 28.3. The van der Waals surface area contributed by atoms with Crippen LogP contribution in [0.2, 0.25) is 6.04 Å². The molecule has 0 amide bonds. The summed E-state index contributed by atoms with van der Waals surface area (Å²) in [6.45, 7) is 12.2. The predicted octanol–water partition coefficient (Wildman–Crippen LogP) is 5.17. The second kappa shape index (κ2) is 11.9. The van der Waals surface area contributed by atoms with Crippen LogP contribution in [0.5, 0.6) is 0 Å². The zero-order chi connectivity index (χ0) is 19.6. The van der Waals surface area contributed by atoms with E-state index in [0.29, 0.717) is 0 Å². The number of unbranched alkanes of at least 4 members (excludes halogenated alkanes) is 4. The monoisotopic (exact) mass is 400 g/mol. The number of hydrogen-bond acceptors (Lipinski definition) is 4. The molecule has 4 atom stereocenters.